The van der Waals surface area contributed by atoms with Crippen LogP contribution in [-0.2, 0) is 0 Å². The highest BCUT2D eigenvalue weighted by Crippen LogP contribution is 2.22. The minimum atomic E-state index is -0.0625. The third kappa shape index (κ3) is 2.88. The van der Waals surface area contributed by atoms with E-state index in [-0.39, 0.29) is 11.5 Å². The number of halogens is 1. The average molecular weight is 368 g/mol. The first-order valence-electron chi connectivity index (χ1n) is 6.27. The van der Waals surface area contributed by atoms with Gasteiger partial charge in [0.25, 0.3) is 5.56 Å². The maximum Gasteiger partial charge on any atom is 0.264 e. The summed E-state index contributed by atoms with van der Waals surface area (Å²) in [6, 6.07) is 6.11. The molecule has 1 aromatic heterocycles. The van der Waals surface area contributed by atoms with Crippen molar-refractivity contribution in [2.45, 2.75) is 33.6 Å². The molecule has 0 fully saturated rings. The van der Waals surface area contributed by atoms with E-state index in [0.717, 1.165) is 11.3 Å². The van der Waals surface area contributed by atoms with E-state index in [1.165, 1.54) is 11.1 Å². The number of aryl methyl sites for hydroxylation is 2. The van der Waals surface area contributed by atoms with Crippen molar-refractivity contribution < 1.29 is 0 Å². The van der Waals surface area contributed by atoms with Crippen LogP contribution < -0.4 is 5.56 Å². The zero-order chi connectivity index (χ0) is 14.2. The number of aromatic nitrogens is 2. The maximum absolute atomic E-state index is 12.0. The van der Waals surface area contributed by atoms with Crippen LogP contribution in [-0.4, -0.2) is 9.97 Å². The van der Waals surface area contributed by atoms with Gasteiger partial charge in [0.2, 0.25) is 0 Å². The fourth-order valence-electron chi connectivity index (χ4n) is 1.88. The Bertz CT molecular complexity index is 674. The van der Waals surface area contributed by atoms with Crippen molar-refractivity contribution in [1.29, 1.82) is 0 Å². The Morgan fingerprint density at radius 2 is 1.89 bits per heavy atom. The van der Waals surface area contributed by atoms with Crippen LogP contribution in [0.5, 0.6) is 0 Å². The molecule has 0 atom stereocenters. The summed E-state index contributed by atoms with van der Waals surface area (Å²) in [6.07, 6.45) is 0. The molecule has 1 aromatic carbocycles. The van der Waals surface area contributed by atoms with Gasteiger partial charge in [-0.25, -0.2) is 4.98 Å². The van der Waals surface area contributed by atoms with Gasteiger partial charge in [-0.3, -0.25) is 4.79 Å². The van der Waals surface area contributed by atoms with Crippen LogP contribution in [0.1, 0.15) is 36.6 Å². The van der Waals surface area contributed by atoms with Crippen molar-refractivity contribution >= 4 is 22.6 Å². The lowest BCUT2D eigenvalue weighted by Crippen LogP contribution is -2.17. The molecular weight excluding hydrogens is 351 g/mol. The number of nitrogens with zero attached hydrogens (tertiary/aromatic N) is 1. The monoisotopic (exact) mass is 368 g/mol. The summed E-state index contributed by atoms with van der Waals surface area (Å²) in [5.74, 6) is 0.886. The molecule has 0 aliphatic heterocycles. The topological polar surface area (TPSA) is 45.8 Å². The van der Waals surface area contributed by atoms with Crippen molar-refractivity contribution in [3.63, 3.8) is 0 Å². The van der Waals surface area contributed by atoms with Crippen LogP contribution in [0.3, 0.4) is 0 Å². The fraction of sp³-hybridized carbons (Fsp3) is 0.333. The highest BCUT2D eigenvalue weighted by atomic mass is 127. The third-order valence-corrected chi connectivity index (χ3v) is 4.26. The number of aromatic amines is 1. The molecule has 0 saturated carbocycles. The predicted octanol–water partition coefficient (Wildman–Crippen LogP) is 3.78. The van der Waals surface area contributed by atoms with Crippen LogP contribution in [0.15, 0.2) is 23.0 Å². The lowest BCUT2D eigenvalue weighted by molar-refractivity contribution is 0.802. The van der Waals surface area contributed by atoms with Crippen molar-refractivity contribution in [3.05, 3.63) is 48.9 Å². The standard InChI is InChI=1S/C15H17IN2O/c1-8(2)13-12(16)15(19)18-14(17-13)11-6-5-9(3)10(4)7-11/h5-8H,1-4H3,(H,17,18,19). The molecule has 0 saturated heterocycles. The van der Waals surface area contributed by atoms with Gasteiger partial charge in [-0.05, 0) is 59.5 Å². The molecule has 19 heavy (non-hydrogen) atoms. The lowest BCUT2D eigenvalue weighted by atomic mass is 10.1. The number of hydrogen-bond donors (Lipinski definition) is 1. The fourth-order valence-corrected chi connectivity index (χ4v) is 2.76. The van der Waals surface area contributed by atoms with Gasteiger partial charge in [0.15, 0.2) is 0 Å². The maximum atomic E-state index is 12.0. The largest absolute Gasteiger partial charge is 0.306 e. The molecule has 0 spiro atoms. The molecule has 2 rings (SSSR count). The zero-order valence-electron chi connectivity index (χ0n) is 11.5. The molecule has 0 aliphatic carbocycles. The summed E-state index contributed by atoms with van der Waals surface area (Å²) in [5.41, 5.74) is 4.19. The second-order valence-corrected chi connectivity index (χ2v) is 6.15. The van der Waals surface area contributed by atoms with E-state index in [0.29, 0.717) is 9.39 Å². The molecule has 0 unspecified atom stereocenters. The Balaban J connectivity index is 2.63. The Morgan fingerprint density at radius 1 is 1.21 bits per heavy atom. The van der Waals surface area contributed by atoms with Gasteiger partial charge >= 0.3 is 0 Å². The summed E-state index contributed by atoms with van der Waals surface area (Å²) in [7, 11) is 0. The molecular formula is C15H17IN2O. The van der Waals surface area contributed by atoms with E-state index < -0.39 is 0 Å². The zero-order valence-corrected chi connectivity index (χ0v) is 13.7. The molecule has 4 heteroatoms. The van der Waals surface area contributed by atoms with Crippen LogP contribution >= 0.6 is 22.6 Å². The summed E-state index contributed by atoms with van der Waals surface area (Å²) in [6.45, 7) is 8.23. The molecule has 100 valence electrons. The van der Waals surface area contributed by atoms with Gasteiger partial charge in [0.1, 0.15) is 5.82 Å². The van der Waals surface area contributed by atoms with E-state index in [2.05, 4.69) is 58.5 Å². The van der Waals surface area contributed by atoms with Crippen molar-refractivity contribution in [2.24, 2.45) is 0 Å². The van der Waals surface area contributed by atoms with Gasteiger partial charge in [-0.1, -0.05) is 26.0 Å². The van der Waals surface area contributed by atoms with E-state index in [1.54, 1.807) is 0 Å². The van der Waals surface area contributed by atoms with E-state index in [9.17, 15) is 4.79 Å². The quantitative estimate of drug-likeness (QED) is 0.820. The highest BCUT2D eigenvalue weighted by Gasteiger charge is 2.13. The molecule has 1 heterocycles. The molecule has 3 nitrogen and oxygen atoms in total. The van der Waals surface area contributed by atoms with Gasteiger partial charge in [0, 0.05) is 5.56 Å². The minimum absolute atomic E-state index is 0.0625. The first-order chi connectivity index (χ1) is 8.90. The van der Waals surface area contributed by atoms with Crippen molar-refractivity contribution in [1.82, 2.24) is 9.97 Å². The Morgan fingerprint density at radius 3 is 2.47 bits per heavy atom. The van der Waals surface area contributed by atoms with Crippen LogP contribution in [0.2, 0.25) is 0 Å². The number of nitrogens with one attached hydrogen (secondary N) is 1. The number of rotatable bonds is 2. The molecule has 0 aliphatic rings. The van der Waals surface area contributed by atoms with Gasteiger partial charge in [0.05, 0.1) is 9.26 Å². The van der Waals surface area contributed by atoms with Gasteiger partial charge < -0.3 is 4.98 Å². The van der Waals surface area contributed by atoms with Gasteiger partial charge in [-0.15, -0.1) is 0 Å². The number of H-pyrrole nitrogens is 1. The van der Waals surface area contributed by atoms with Crippen LogP contribution in [0.25, 0.3) is 11.4 Å². The van der Waals surface area contributed by atoms with E-state index in [1.807, 2.05) is 19.9 Å². The summed E-state index contributed by atoms with van der Waals surface area (Å²) >= 11 is 2.06. The van der Waals surface area contributed by atoms with Crippen molar-refractivity contribution in [2.75, 3.05) is 0 Å². The number of benzene rings is 1. The third-order valence-electron chi connectivity index (χ3n) is 3.22. The molecule has 0 radical (unpaired) electrons. The lowest BCUT2D eigenvalue weighted by Gasteiger charge is -2.10. The Hall–Kier alpha value is -1.17. The first kappa shape index (κ1) is 14.2. The summed E-state index contributed by atoms with van der Waals surface area (Å²) < 4.78 is 0.681. The minimum Gasteiger partial charge on any atom is -0.306 e. The predicted molar refractivity (Wildman–Crippen MR) is 86.6 cm³/mol. The molecule has 0 amide bonds. The summed E-state index contributed by atoms with van der Waals surface area (Å²) in [5, 5.41) is 0. The number of hydrogen-bond acceptors (Lipinski definition) is 2. The Kier molecular flexibility index (Phi) is 4.08. The summed E-state index contributed by atoms with van der Waals surface area (Å²) in [4.78, 5) is 19.5. The average Bonchev–Trinajstić information content (AvgIpc) is 2.35. The normalized spacial score (nSPS) is 11.1. The second-order valence-electron chi connectivity index (χ2n) is 5.07. The second kappa shape index (κ2) is 5.45. The SMILES string of the molecule is Cc1ccc(-c2nc(C(C)C)c(I)c(=O)[nH]2)cc1C. The van der Waals surface area contributed by atoms with Crippen molar-refractivity contribution in [3.8, 4) is 11.4 Å². The molecule has 0 bridgehead atoms. The van der Waals surface area contributed by atoms with E-state index in [4.69, 9.17) is 0 Å². The molecule has 1 N–H and O–H groups in total. The highest BCUT2D eigenvalue weighted by molar-refractivity contribution is 14.1. The van der Waals surface area contributed by atoms with Crippen LogP contribution in [0, 0.1) is 17.4 Å². The van der Waals surface area contributed by atoms with Gasteiger partial charge in [-0.2, -0.15) is 0 Å². The Labute approximate surface area is 126 Å². The van der Waals surface area contributed by atoms with Crippen LogP contribution in [0.4, 0.5) is 0 Å². The van der Waals surface area contributed by atoms with E-state index >= 15 is 0 Å². The molecule has 2 aromatic rings. The smallest absolute Gasteiger partial charge is 0.264 e. The first-order valence-corrected chi connectivity index (χ1v) is 7.35.